The smallest absolute Gasteiger partial charge is 0.0234 e. The Balaban J connectivity index is 0.000000860. The molecule has 0 fully saturated rings. The molecule has 0 aliphatic heterocycles. The molecule has 0 aromatic heterocycles. The van der Waals surface area contributed by atoms with Crippen molar-refractivity contribution >= 4 is 0 Å². The lowest BCUT2D eigenvalue weighted by Gasteiger charge is -2.17. The van der Waals surface area contributed by atoms with Gasteiger partial charge in [-0.2, -0.15) is 0 Å². The Hall–Kier alpha value is -3.16. The molecule has 0 aliphatic rings. The van der Waals surface area contributed by atoms with Crippen LogP contribution in [0.4, 0.5) is 0 Å². The summed E-state index contributed by atoms with van der Waals surface area (Å²) in [5.74, 6) is 0. The van der Waals surface area contributed by atoms with Crippen LogP contribution in [0.15, 0.2) is 109 Å². The molecule has 1 heteroatoms. The van der Waals surface area contributed by atoms with E-state index in [1.54, 1.807) is 0 Å². The minimum absolute atomic E-state index is 0.940. The van der Waals surface area contributed by atoms with E-state index in [0.29, 0.717) is 0 Å². The molecule has 0 saturated heterocycles. The van der Waals surface area contributed by atoms with Gasteiger partial charge >= 0.3 is 0 Å². The predicted molar refractivity (Wildman–Crippen MR) is 142 cm³/mol. The third-order valence-electron chi connectivity index (χ3n) is 5.03. The van der Waals surface area contributed by atoms with Crippen LogP contribution < -0.4 is 0 Å². The molecule has 0 radical (unpaired) electrons. The predicted octanol–water partition coefficient (Wildman–Crippen LogP) is 8.71. The van der Waals surface area contributed by atoms with Gasteiger partial charge in [-0.3, -0.25) is 4.90 Å². The molecule has 0 spiro atoms. The molecule has 166 valence electrons. The fraction of sp³-hybridized carbons (Fsp3) is 0.226. The molecular weight excluding hydrogens is 386 g/mol. The first-order valence-electron chi connectivity index (χ1n) is 11.8. The lowest BCUT2D eigenvalue weighted by Crippen LogP contribution is -2.17. The number of benzene rings is 4. The van der Waals surface area contributed by atoms with Gasteiger partial charge in [-0.25, -0.2) is 0 Å². The number of rotatable bonds is 6. The van der Waals surface area contributed by atoms with Crippen LogP contribution in [0.1, 0.15) is 38.8 Å². The van der Waals surface area contributed by atoms with E-state index in [9.17, 15) is 0 Å². The van der Waals surface area contributed by atoms with Crippen molar-refractivity contribution in [2.24, 2.45) is 0 Å². The second-order valence-electron chi connectivity index (χ2n) is 7.30. The van der Waals surface area contributed by atoms with Crippen LogP contribution in [0.25, 0.3) is 22.3 Å². The fourth-order valence-corrected chi connectivity index (χ4v) is 3.55. The van der Waals surface area contributed by atoms with Crippen LogP contribution in [0.3, 0.4) is 0 Å². The Morgan fingerprint density at radius 2 is 0.688 bits per heavy atom. The summed E-state index contributed by atoms with van der Waals surface area (Å²) in [6.45, 7) is 9.88. The molecule has 4 aromatic carbocycles. The van der Waals surface area contributed by atoms with Crippen molar-refractivity contribution in [1.82, 2.24) is 4.90 Å². The van der Waals surface area contributed by atoms with E-state index in [-0.39, 0.29) is 0 Å². The van der Waals surface area contributed by atoms with E-state index in [0.717, 1.165) is 13.1 Å². The van der Waals surface area contributed by atoms with Gasteiger partial charge in [0.05, 0.1) is 0 Å². The number of hydrogen-bond donors (Lipinski definition) is 0. The highest BCUT2D eigenvalue weighted by Gasteiger charge is 2.04. The van der Waals surface area contributed by atoms with Crippen LogP contribution in [0.2, 0.25) is 0 Å². The Morgan fingerprint density at radius 1 is 0.406 bits per heavy atom. The molecule has 4 rings (SSSR count). The summed E-state index contributed by atoms with van der Waals surface area (Å²) in [6, 6.07) is 38.9. The largest absolute Gasteiger partial charge is 0.298 e. The lowest BCUT2D eigenvalue weighted by molar-refractivity contribution is 0.319. The molecule has 4 aromatic rings. The minimum atomic E-state index is 0.940. The second kappa shape index (κ2) is 14.0. The topological polar surface area (TPSA) is 3.24 Å². The Morgan fingerprint density at radius 3 is 1.00 bits per heavy atom. The lowest BCUT2D eigenvalue weighted by atomic mass is 10.0. The maximum absolute atomic E-state index is 2.36. The van der Waals surface area contributed by atoms with Crippen molar-refractivity contribution in [1.29, 1.82) is 0 Å². The van der Waals surface area contributed by atoms with E-state index in [2.05, 4.69) is 121 Å². The van der Waals surface area contributed by atoms with Gasteiger partial charge in [0.2, 0.25) is 0 Å². The zero-order chi connectivity index (χ0) is 23.2. The third kappa shape index (κ3) is 7.51. The van der Waals surface area contributed by atoms with Gasteiger partial charge in [0.15, 0.2) is 0 Å². The van der Waals surface area contributed by atoms with Gasteiger partial charge < -0.3 is 0 Å². The highest BCUT2D eigenvalue weighted by molar-refractivity contribution is 5.64. The van der Waals surface area contributed by atoms with E-state index in [1.807, 2.05) is 27.7 Å². The van der Waals surface area contributed by atoms with Crippen LogP contribution >= 0.6 is 0 Å². The average molecular weight is 424 g/mol. The number of hydrogen-bond acceptors (Lipinski definition) is 1. The normalized spacial score (nSPS) is 9.94. The van der Waals surface area contributed by atoms with Gasteiger partial charge in [-0.15, -0.1) is 0 Å². The third-order valence-corrected chi connectivity index (χ3v) is 5.03. The molecule has 0 N–H and O–H groups in total. The molecule has 0 bridgehead atoms. The van der Waals surface area contributed by atoms with Crippen LogP contribution in [-0.2, 0) is 13.1 Å². The zero-order valence-corrected chi connectivity index (χ0v) is 20.3. The average Bonchev–Trinajstić information content (AvgIpc) is 2.88. The first kappa shape index (κ1) is 25.1. The van der Waals surface area contributed by atoms with Crippen molar-refractivity contribution in [2.75, 3.05) is 7.05 Å². The first-order valence-corrected chi connectivity index (χ1v) is 11.8. The molecule has 0 amide bonds. The minimum Gasteiger partial charge on any atom is -0.298 e. The Kier molecular flexibility index (Phi) is 11.0. The summed E-state index contributed by atoms with van der Waals surface area (Å²) < 4.78 is 0. The first-order chi connectivity index (χ1) is 15.8. The van der Waals surface area contributed by atoms with E-state index < -0.39 is 0 Å². The fourth-order valence-electron chi connectivity index (χ4n) is 3.55. The van der Waals surface area contributed by atoms with Crippen molar-refractivity contribution in [2.45, 2.75) is 40.8 Å². The van der Waals surface area contributed by atoms with Gasteiger partial charge in [0, 0.05) is 13.1 Å². The quantitative estimate of drug-likeness (QED) is 0.300. The van der Waals surface area contributed by atoms with E-state index in [4.69, 9.17) is 0 Å². The van der Waals surface area contributed by atoms with Crippen molar-refractivity contribution in [3.05, 3.63) is 120 Å². The molecule has 32 heavy (non-hydrogen) atoms. The van der Waals surface area contributed by atoms with Crippen LogP contribution in [-0.4, -0.2) is 11.9 Å². The van der Waals surface area contributed by atoms with Crippen molar-refractivity contribution in [3.63, 3.8) is 0 Å². The summed E-state index contributed by atoms with van der Waals surface area (Å²) >= 11 is 0. The summed E-state index contributed by atoms with van der Waals surface area (Å²) in [5.41, 5.74) is 7.74. The van der Waals surface area contributed by atoms with E-state index in [1.165, 1.54) is 33.4 Å². The maximum atomic E-state index is 2.36. The SMILES string of the molecule is CC.CC.CN(Cc1ccc(-c2ccccc2)cc1)Cc1ccc(-c2ccccc2)cc1. The summed E-state index contributed by atoms with van der Waals surface area (Å²) in [4.78, 5) is 2.36. The molecule has 0 saturated carbocycles. The van der Waals surface area contributed by atoms with Crippen molar-refractivity contribution < 1.29 is 0 Å². The Bertz CT molecular complexity index is 903. The molecule has 0 heterocycles. The standard InChI is InChI=1S/C27H25N.2C2H6/c1-28(20-22-12-16-26(17-13-22)24-8-4-2-5-9-24)21-23-14-18-27(19-15-23)25-10-6-3-7-11-25;2*1-2/h2-19H,20-21H2,1H3;2*1-2H3. The molecule has 0 unspecified atom stereocenters. The highest BCUT2D eigenvalue weighted by atomic mass is 15.1. The molecular formula is C31H37N. The molecule has 0 aliphatic carbocycles. The van der Waals surface area contributed by atoms with Crippen LogP contribution in [0, 0.1) is 0 Å². The monoisotopic (exact) mass is 423 g/mol. The van der Waals surface area contributed by atoms with Gasteiger partial charge in [-0.05, 0) is 40.4 Å². The summed E-state index contributed by atoms with van der Waals surface area (Å²) in [5, 5.41) is 0. The van der Waals surface area contributed by atoms with E-state index >= 15 is 0 Å². The Labute approximate surface area is 195 Å². The maximum Gasteiger partial charge on any atom is 0.0234 e. The summed E-state index contributed by atoms with van der Waals surface area (Å²) in [7, 11) is 2.18. The second-order valence-corrected chi connectivity index (χ2v) is 7.30. The summed E-state index contributed by atoms with van der Waals surface area (Å²) in [6.07, 6.45) is 0. The van der Waals surface area contributed by atoms with Crippen molar-refractivity contribution in [3.8, 4) is 22.3 Å². The molecule has 1 nitrogen and oxygen atoms in total. The van der Waals surface area contributed by atoms with Gasteiger partial charge in [0.1, 0.15) is 0 Å². The zero-order valence-electron chi connectivity index (χ0n) is 20.3. The van der Waals surface area contributed by atoms with Crippen LogP contribution in [0.5, 0.6) is 0 Å². The number of nitrogens with zero attached hydrogens (tertiary/aromatic N) is 1. The highest BCUT2D eigenvalue weighted by Crippen LogP contribution is 2.21. The van der Waals surface area contributed by atoms with Gasteiger partial charge in [-0.1, -0.05) is 137 Å². The molecule has 0 atom stereocenters. The van der Waals surface area contributed by atoms with Gasteiger partial charge in [0.25, 0.3) is 0 Å².